The number of nitrogens with two attached hydrogens (primary N) is 1. The van der Waals surface area contributed by atoms with E-state index in [-0.39, 0.29) is 10.9 Å². The lowest BCUT2D eigenvalue weighted by atomic mass is 10.3. The lowest BCUT2D eigenvalue weighted by Crippen LogP contribution is -2.31. The number of nitrogens with one attached hydrogen (secondary N) is 1. The normalized spacial score (nSPS) is 11.1. The van der Waals surface area contributed by atoms with E-state index in [0.29, 0.717) is 16.7 Å². The fourth-order valence-corrected chi connectivity index (χ4v) is 2.30. The van der Waals surface area contributed by atoms with Crippen LogP contribution in [-0.4, -0.2) is 32.9 Å². The zero-order valence-electron chi connectivity index (χ0n) is 9.97. The molecular weight excluding hydrogens is 322 g/mol. The minimum Gasteiger partial charge on any atom is -0.328 e. The van der Waals surface area contributed by atoms with Crippen LogP contribution in [0.3, 0.4) is 0 Å². The Hall–Kier alpha value is -1.12. The molecule has 1 aromatic carbocycles. The molecule has 100 valence electrons. The first-order chi connectivity index (χ1) is 8.25. The van der Waals surface area contributed by atoms with Crippen LogP contribution in [-0.2, 0) is 10.0 Å². The van der Waals surface area contributed by atoms with Crippen molar-refractivity contribution in [1.82, 2.24) is 4.90 Å². The standard InChI is InChI=1S/C10H14BrN3O3S/c1-3-14(2)10(15)13-9-5-4-7(6-8(9)11)18(12,16)17/h4-6H,3H2,1-2H3,(H,13,15)(H2,12,16,17). The Morgan fingerprint density at radius 2 is 2.11 bits per heavy atom. The highest BCUT2D eigenvalue weighted by atomic mass is 79.9. The number of benzene rings is 1. The summed E-state index contributed by atoms with van der Waals surface area (Å²) >= 11 is 3.19. The molecule has 0 saturated carbocycles. The zero-order chi connectivity index (χ0) is 13.9. The molecule has 3 N–H and O–H groups in total. The minimum atomic E-state index is -3.74. The van der Waals surface area contributed by atoms with Gasteiger partial charge < -0.3 is 10.2 Å². The molecule has 0 unspecified atom stereocenters. The van der Waals surface area contributed by atoms with E-state index in [2.05, 4.69) is 21.2 Å². The average molecular weight is 336 g/mol. The number of primary sulfonamides is 1. The Morgan fingerprint density at radius 1 is 1.50 bits per heavy atom. The molecule has 1 rings (SSSR count). The van der Waals surface area contributed by atoms with Crippen molar-refractivity contribution in [3.05, 3.63) is 22.7 Å². The molecular formula is C10H14BrN3O3S. The summed E-state index contributed by atoms with van der Waals surface area (Å²) in [6.45, 7) is 2.41. The molecule has 0 aliphatic carbocycles. The number of hydrogen-bond acceptors (Lipinski definition) is 3. The first-order valence-corrected chi connectivity index (χ1v) is 7.44. The van der Waals surface area contributed by atoms with Crippen molar-refractivity contribution in [2.45, 2.75) is 11.8 Å². The second-order valence-electron chi connectivity index (χ2n) is 3.63. The average Bonchev–Trinajstić information content (AvgIpc) is 2.29. The highest BCUT2D eigenvalue weighted by Gasteiger charge is 2.13. The summed E-state index contributed by atoms with van der Waals surface area (Å²) in [5.41, 5.74) is 0.479. The van der Waals surface area contributed by atoms with Crippen LogP contribution in [0.4, 0.5) is 10.5 Å². The molecule has 0 atom stereocenters. The van der Waals surface area contributed by atoms with Crippen LogP contribution >= 0.6 is 15.9 Å². The van der Waals surface area contributed by atoms with Crippen molar-refractivity contribution in [3.63, 3.8) is 0 Å². The molecule has 0 spiro atoms. The number of rotatable bonds is 3. The maximum Gasteiger partial charge on any atom is 0.321 e. The molecule has 18 heavy (non-hydrogen) atoms. The van der Waals surface area contributed by atoms with Crippen molar-refractivity contribution in [2.24, 2.45) is 5.14 Å². The monoisotopic (exact) mass is 335 g/mol. The van der Waals surface area contributed by atoms with Gasteiger partial charge in [-0.05, 0) is 41.1 Å². The fraction of sp³-hybridized carbons (Fsp3) is 0.300. The van der Waals surface area contributed by atoms with Crippen LogP contribution in [0.2, 0.25) is 0 Å². The fourth-order valence-electron chi connectivity index (χ4n) is 1.13. The molecule has 0 bridgehead atoms. The Kier molecular flexibility index (Phi) is 4.71. The number of anilines is 1. The van der Waals surface area contributed by atoms with Crippen molar-refractivity contribution >= 4 is 37.7 Å². The van der Waals surface area contributed by atoms with Crippen LogP contribution in [0.5, 0.6) is 0 Å². The van der Waals surface area contributed by atoms with E-state index in [9.17, 15) is 13.2 Å². The number of sulfonamides is 1. The van der Waals surface area contributed by atoms with Gasteiger partial charge in [-0.15, -0.1) is 0 Å². The third-order valence-corrected chi connectivity index (χ3v) is 3.90. The second kappa shape index (κ2) is 5.68. The van der Waals surface area contributed by atoms with Gasteiger partial charge in [0.05, 0.1) is 10.6 Å². The number of carbonyl (C=O) groups is 1. The van der Waals surface area contributed by atoms with E-state index >= 15 is 0 Å². The third kappa shape index (κ3) is 3.69. The van der Waals surface area contributed by atoms with Crippen LogP contribution < -0.4 is 10.5 Å². The van der Waals surface area contributed by atoms with Gasteiger partial charge in [0, 0.05) is 18.1 Å². The summed E-state index contributed by atoms with van der Waals surface area (Å²) in [5.74, 6) is 0. The molecule has 0 heterocycles. The Labute approximate surface area is 114 Å². The molecule has 2 amide bonds. The Bertz CT molecular complexity index is 559. The quantitative estimate of drug-likeness (QED) is 0.878. The number of halogens is 1. The minimum absolute atomic E-state index is 0.0174. The first kappa shape index (κ1) is 14.9. The van der Waals surface area contributed by atoms with Gasteiger partial charge in [0.25, 0.3) is 0 Å². The molecule has 0 radical (unpaired) electrons. The van der Waals surface area contributed by atoms with Crippen molar-refractivity contribution in [2.75, 3.05) is 18.9 Å². The van der Waals surface area contributed by atoms with E-state index < -0.39 is 10.0 Å². The van der Waals surface area contributed by atoms with Crippen molar-refractivity contribution in [1.29, 1.82) is 0 Å². The van der Waals surface area contributed by atoms with E-state index in [1.807, 2.05) is 6.92 Å². The topological polar surface area (TPSA) is 92.5 Å². The maximum absolute atomic E-state index is 11.6. The van der Waals surface area contributed by atoms with Gasteiger partial charge in [0.1, 0.15) is 0 Å². The van der Waals surface area contributed by atoms with Crippen LogP contribution in [0, 0.1) is 0 Å². The number of carbonyl (C=O) groups excluding carboxylic acids is 1. The molecule has 0 aromatic heterocycles. The first-order valence-electron chi connectivity index (χ1n) is 5.10. The third-order valence-electron chi connectivity index (χ3n) is 2.33. The number of nitrogens with zero attached hydrogens (tertiary/aromatic N) is 1. The summed E-state index contributed by atoms with van der Waals surface area (Å²) in [7, 11) is -2.09. The summed E-state index contributed by atoms with van der Waals surface area (Å²) in [4.78, 5) is 13.1. The predicted octanol–water partition coefficient (Wildman–Crippen LogP) is 1.58. The molecule has 0 aliphatic rings. The molecule has 0 fully saturated rings. The van der Waals surface area contributed by atoms with E-state index in [1.54, 1.807) is 7.05 Å². The summed E-state index contributed by atoms with van der Waals surface area (Å²) in [6, 6.07) is 3.88. The molecule has 0 aliphatic heterocycles. The SMILES string of the molecule is CCN(C)C(=O)Nc1ccc(S(N)(=O)=O)cc1Br. The van der Waals surface area contributed by atoms with E-state index in [1.165, 1.54) is 23.1 Å². The van der Waals surface area contributed by atoms with Gasteiger partial charge in [-0.3, -0.25) is 0 Å². The van der Waals surface area contributed by atoms with E-state index in [0.717, 1.165) is 0 Å². The largest absolute Gasteiger partial charge is 0.328 e. The maximum atomic E-state index is 11.6. The highest BCUT2D eigenvalue weighted by molar-refractivity contribution is 9.10. The van der Waals surface area contributed by atoms with Gasteiger partial charge in [0.2, 0.25) is 10.0 Å². The van der Waals surface area contributed by atoms with E-state index in [4.69, 9.17) is 5.14 Å². The Balaban J connectivity index is 2.97. The van der Waals surface area contributed by atoms with Crippen LogP contribution in [0.25, 0.3) is 0 Å². The molecule has 1 aromatic rings. The summed E-state index contributed by atoms with van der Waals surface area (Å²) in [5, 5.41) is 7.65. The predicted molar refractivity (Wildman–Crippen MR) is 72.8 cm³/mol. The molecule has 8 heteroatoms. The van der Waals surface area contributed by atoms with Gasteiger partial charge in [-0.25, -0.2) is 18.4 Å². The van der Waals surface area contributed by atoms with Crippen molar-refractivity contribution < 1.29 is 13.2 Å². The summed E-state index contributed by atoms with van der Waals surface area (Å²) < 4.78 is 22.7. The summed E-state index contributed by atoms with van der Waals surface area (Å²) in [6.07, 6.45) is 0. The number of hydrogen-bond donors (Lipinski definition) is 2. The lowest BCUT2D eigenvalue weighted by Gasteiger charge is -2.16. The van der Waals surface area contributed by atoms with Gasteiger partial charge >= 0.3 is 6.03 Å². The van der Waals surface area contributed by atoms with Crippen LogP contribution in [0.1, 0.15) is 6.92 Å². The van der Waals surface area contributed by atoms with Gasteiger partial charge in [-0.1, -0.05) is 0 Å². The smallest absolute Gasteiger partial charge is 0.321 e. The lowest BCUT2D eigenvalue weighted by molar-refractivity contribution is 0.224. The molecule has 0 saturated heterocycles. The second-order valence-corrected chi connectivity index (χ2v) is 6.05. The zero-order valence-corrected chi connectivity index (χ0v) is 12.4. The van der Waals surface area contributed by atoms with Crippen LogP contribution in [0.15, 0.2) is 27.6 Å². The molecule has 6 nitrogen and oxygen atoms in total. The highest BCUT2D eigenvalue weighted by Crippen LogP contribution is 2.25. The number of urea groups is 1. The number of amides is 2. The van der Waals surface area contributed by atoms with Crippen molar-refractivity contribution in [3.8, 4) is 0 Å². The Morgan fingerprint density at radius 3 is 2.56 bits per heavy atom. The van der Waals surface area contributed by atoms with Gasteiger partial charge in [0.15, 0.2) is 0 Å². The van der Waals surface area contributed by atoms with Gasteiger partial charge in [-0.2, -0.15) is 0 Å².